The summed E-state index contributed by atoms with van der Waals surface area (Å²) in [5.74, 6) is -1.53. The molecule has 8 nitrogen and oxygen atoms in total. The number of hydrogen-bond donors (Lipinski definition) is 2. The van der Waals surface area contributed by atoms with Gasteiger partial charge in [-0.05, 0) is 36.2 Å². The van der Waals surface area contributed by atoms with Crippen molar-refractivity contribution in [3.63, 3.8) is 0 Å². The number of piperidine rings is 1. The number of aryl methyl sites for hydroxylation is 1. The Morgan fingerprint density at radius 3 is 2.62 bits per heavy atom. The topological polar surface area (TPSA) is 116 Å². The Morgan fingerprint density at radius 2 is 1.97 bits per heavy atom. The number of ether oxygens (including phenoxy) is 1. The molecule has 1 saturated heterocycles. The van der Waals surface area contributed by atoms with E-state index >= 15 is 0 Å². The Balaban J connectivity index is 1.62. The lowest BCUT2D eigenvalue weighted by Crippen LogP contribution is -2.39. The Hall–Kier alpha value is -3.39. The summed E-state index contributed by atoms with van der Waals surface area (Å²) in [6.45, 7) is 1.86. The fraction of sp³-hybridized carbons (Fsp3) is 0.304. The molecule has 3 atom stereocenters. The number of imide groups is 1. The summed E-state index contributed by atoms with van der Waals surface area (Å²) < 4.78 is 7.66. The van der Waals surface area contributed by atoms with Crippen LogP contribution in [-0.2, 0) is 21.4 Å². The smallest absolute Gasteiger partial charge is 0.259 e. The first-order valence-electron chi connectivity index (χ1n) is 10.3. The fourth-order valence-corrected chi connectivity index (χ4v) is 4.17. The summed E-state index contributed by atoms with van der Waals surface area (Å²) in [4.78, 5) is 36.0. The zero-order chi connectivity index (χ0) is 23.0. The number of halogens is 1. The lowest BCUT2D eigenvalue weighted by molar-refractivity contribution is -0.134. The second kappa shape index (κ2) is 8.63. The molecule has 1 aromatic heterocycles. The third-order valence-electron chi connectivity index (χ3n) is 5.81. The Labute approximate surface area is 189 Å². The molecule has 9 heteroatoms. The van der Waals surface area contributed by atoms with E-state index < -0.39 is 17.9 Å². The van der Waals surface area contributed by atoms with Gasteiger partial charge in [0.05, 0.1) is 17.1 Å². The van der Waals surface area contributed by atoms with E-state index in [9.17, 15) is 14.4 Å². The predicted octanol–water partition coefficient (Wildman–Crippen LogP) is 2.78. The van der Waals surface area contributed by atoms with Gasteiger partial charge in [0.25, 0.3) is 5.91 Å². The molecule has 0 radical (unpaired) electrons. The summed E-state index contributed by atoms with van der Waals surface area (Å²) in [5, 5.41) is 8.28. The van der Waals surface area contributed by atoms with E-state index in [0.717, 1.165) is 16.5 Å². The Morgan fingerprint density at radius 1 is 1.25 bits per heavy atom. The van der Waals surface area contributed by atoms with Gasteiger partial charge in [0.2, 0.25) is 11.8 Å². The van der Waals surface area contributed by atoms with Crippen LogP contribution in [0.4, 0.5) is 0 Å². The average Bonchev–Trinajstić information content (AvgIpc) is 3.07. The second-order valence-corrected chi connectivity index (χ2v) is 8.41. The van der Waals surface area contributed by atoms with Crippen LogP contribution in [0, 0.1) is 0 Å². The Kier molecular flexibility index (Phi) is 5.88. The molecule has 32 heavy (non-hydrogen) atoms. The van der Waals surface area contributed by atoms with Crippen molar-refractivity contribution in [1.29, 1.82) is 0 Å². The molecular weight excluding hydrogens is 432 g/mol. The summed E-state index contributed by atoms with van der Waals surface area (Å²) in [7, 11) is 1.77. The molecule has 2 heterocycles. The van der Waals surface area contributed by atoms with Crippen molar-refractivity contribution in [2.45, 2.75) is 37.7 Å². The molecular formula is C23H23ClN4O4. The number of amides is 3. The van der Waals surface area contributed by atoms with Crippen LogP contribution in [0.25, 0.3) is 10.9 Å². The van der Waals surface area contributed by atoms with Crippen molar-refractivity contribution >= 4 is 40.2 Å². The highest BCUT2D eigenvalue weighted by Gasteiger charge is 2.32. The molecule has 1 fully saturated rings. The number of nitrogens with two attached hydrogens (primary N) is 1. The fourth-order valence-electron chi connectivity index (χ4n) is 4.04. The minimum Gasteiger partial charge on any atom is -0.480 e. The SMILES string of the molecule is C[C@@H](c1ccc(Cl)cc1)C(Oc1ccc2c(C3CCC(=O)NC3=O)nn(C)c2c1)C(N)=O. The molecule has 1 aliphatic heterocycles. The molecule has 0 saturated carbocycles. The molecule has 166 valence electrons. The molecule has 2 unspecified atom stereocenters. The van der Waals surface area contributed by atoms with E-state index in [0.29, 0.717) is 22.9 Å². The van der Waals surface area contributed by atoms with Crippen LogP contribution in [0.15, 0.2) is 42.5 Å². The third kappa shape index (κ3) is 4.18. The molecule has 3 aromatic rings. The number of fused-ring (bicyclic) bond motifs is 1. The van der Waals surface area contributed by atoms with Crippen molar-refractivity contribution < 1.29 is 19.1 Å². The van der Waals surface area contributed by atoms with Crippen molar-refractivity contribution in [2.24, 2.45) is 12.8 Å². The van der Waals surface area contributed by atoms with E-state index in [1.54, 1.807) is 36.0 Å². The van der Waals surface area contributed by atoms with Crippen LogP contribution in [0.1, 0.15) is 42.9 Å². The number of rotatable bonds is 6. The number of hydrogen-bond acceptors (Lipinski definition) is 5. The van der Waals surface area contributed by atoms with Crippen LogP contribution in [-0.4, -0.2) is 33.6 Å². The van der Waals surface area contributed by atoms with Gasteiger partial charge in [-0.25, -0.2) is 0 Å². The first-order valence-corrected chi connectivity index (χ1v) is 10.6. The molecule has 4 rings (SSSR count). The lowest BCUT2D eigenvalue weighted by Gasteiger charge is -2.23. The van der Waals surface area contributed by atoms with Crippen molar-refractivity contribution in [3.05, 3.63) is 58.7 Å². The van der Waals surface area contributed by atoms with Gasteiger partial charge in [0.15, 0.2) is 6.10 Å². The van der Waals surface area contributed by atoms with Gasteiger partial charge < -0.3 is 10.5 Å². The first kappa shape index (κ1) is 21.8. The number of benzene rings is 2. The van der Waals surface area contributed by atoms with Crippen LogP contribution in [0.2, 0.25) is 5.02 Å². The lowest BCUT2D eigenvalue weighted by atomic mass is 9.93. The predicted molar refractivity (Wildman–Crippen MR) is 119 cm³/mol. The molecule has 2 aromatic carbocycles. The molecule has 0 aliphatic carbocycles. The van der Waals surface area contributed by atoms with Crippen molar-refractivity contribution in [1.82, 2.24) is 15.1 Å². The summed E-state index contributed by atoms with van der Waals surface area (Å²) >= 11 is 5.96. The van der Waals surface area contributed by atoms with Gasteiger partial charge in [-0.3, -0.25) is 24.4 Å². The molecule has 3 amide bonds. The number of carbonyl (C=O) groups excluding carboxylic acids is 3. The Bertz CT molecular complexity index is 1200. The summed E-state index contributed by atoms with van der Waals surface area (Å²) in [5.41, 5.74) is 7.87. The number of carbonyl (C=O) groups is 3. The minimum absolute atomic E-state index is 0.269. The van der Waals surface area contributed by atoms with E-state index in [4.69, 9.17) is 22.1 Å². The monoisotopic (exact) mass is 454 g/mol. The van der Waals surface area contributed by atoms with E-state index in [-0.39, 0.29) is 24.2 Å². The maximum absolute atomic E-state index is 12.3. The van der Waals surface area contributed by atoms with E-state index in [1.807, 2.05) is 25.1 Å². The highest BCUT2D eigenvalue weighted by Crippen LogP contribution is 2.33. The number of aromatic nitrogens is 2. The normalized spacial score (nSPS) is 18.3. The van der Waals surface area contributed by atoms with E-state index in [1.165, 1.54) is 0 Å². The highest BCUT2D eigenvalue weighted by atomic mass is 35.5. The van der Waals surface area contributed by atoms with Crippen LogP contribution >= 0.6 is 11.6 Å². The van der Waals surface area contributed by atoms with Gasteiger partial charge in [-0.15, -0.1) is 0 Å². The number of primary amides is 1. The zero-order valence-electron chi connectivity index (χ0n) is 17.7. The average molecular weight is 455 g/mol. The maximum Gasteiger partial charge on any atom is 0.259 e. The summed E-state index contributed by atoms with van der Waals surface area (Å²) in [6, 6.07) is 12.5. The van der Waals surface area contributed by atoms with Crippen LogP contribution in [0.5, 0.6) is 5.75 Å². The van der Waals surface area contributed by atoms with Crippen LogP contribution in [0.3, 0.4) is 0 Å². The molecule has 0 spiro atoms. The minimum atomic E-state index is -0.892. The highest BCUT2D eigenvalue weighted by molar-refractivity contribution is 6.30. The van der Waals surface area contributed by atoms with Crippen molar-refractivity contribution in [2.75, 3.05) is 0 Å². The quantitative estimate of drug-likeness (QED) is 0.555. The van der Waals surface area contributed by atoms with Gasteiger partial charge in [0, 0.05) is 35.9 Å². The van der Waals surface area contributed by atoms with Crippen LogP contribution < -0.4 is 15.8 Å². The number of nitrogens with one attached hydrogen (secondary N) is 1. The third-order valence-corrected chi connectivity index (χ3v) is 6.07. The number of nitrogens with zero attached hydrogens (tertiary/aromatic N) is 2. The van der Waals surface area contributed by atoms with Crippen molar-refractivity contribution in [3.8, 4) is 5.75 Å². The molecule has 3 N–H and O–H groups in total. The molecule has 0 bridgehead atoms. The van der Waals surface area contributed by atoms with Gasteiger partial charge >= 0.3 is 0 Å². The van der Waals surface area contributed by atoms with Gasteiger partial charge in [-0.2, -0.15) is 5.10 Å². The zero-order valence-corrected chi connectivity index (χ0v) is 18.4. The molecule has 1 aliphatic rings. The second-order valence-electron chi connectivity index (χ2n) is 7.97. The van der Waals surface area contributed by atoms with Gasteiger partial charge in [0.1, 0.15) is 5.75 Å². The standard InChI is InChI=1S/C23H23ClN4O4/c1-12(13-3-5-14(24)6-4-13)21(22(25)30)32-15-7-8-16-18(11-15)28(2)27-20(16)17-9-10-19(29)26-23(17)31/h3-8,11-12,17,21H,9-10H2,1-2H3,(H2,25,30)(H,26,29,31)/t12-,17?,21?/m0/s1. The summed E-state index contributed by atoms with van der Waals surface area (Å²) in [6.07, 6.45) is -0.202. The van der Waals surface area contributed by atoms with E-state index in [2.05, 4.69) is 10.4 Å². The van der Waals surface area contributed by atoms with Gasteiger partial charge in [-0.1, -0.05) is 30.7 Å². The first-order chi connectivity index (χ1) is 15.2. The maximum atomic E-state index is 12.3. The largest absolute Gasteiger partial charge is 0.480 e.